The molecule has 9 rings (SSSR count). The molecule has 2 heterocycles. The lowest BCUT2D eigenvalue weighted by Crippen LogP contribution is -2.08. The fourth-order valence-corrected chi connectivity index (χ4v) is 7.24. The van der Waals surface area contributed by atoms with Gasteiger partial charge >= 0.3 is 6.18 Å². The Labute approximate surface area is 309 Å². The number of rotatable bonds is 6. The molecule has 0 atom stereocenters. The third-order valence-corrected chi connectivity index (χ3v) is 9.75. The number of para-hydroxylation sites is 1. The van der Waals surface area contributed by atoms with Crippen LogP contribution in [0.25, 0.3) is 83.9 Å². The Morgan fingerprint density at radius 2 is 1.02 bits per heavy atom. The van der Waals surface area contributed by atoms with Crippen molar-refractivity contribution in [3.8, 4) is 62.1 Å². The Balaban J connectivity index is 1.33. The first-order chi connectivity index (χ1) is 26.3. The van der Waals surface area contributed by atoms with Crippen LogP contribution in [-0.2, 0) is 6.18 Å². The topological polar surface area (TPSA) is 43.6 Å². The lowest BCUT2D eigenvalue weighted by Gasteiger charge is -2.18. The van der Waals surface area contributed by atoms with Gasteiger partial charge in [0.1, 0.15) is 0 Å². The zero-order chi connectivity index (χ0) is 36.8. The van der Waals surface area contributed by atoms with Gasteiger partial charge in [-0.2, -0.15) is 13.2 Å². The lowest BCUT2D eigenvalue weighted by atomic mass is 9.93. The van der Waals surface area contributed by atoms with Crippen molar-refractivity contribution in [3.63, 3.8) is 0 Å². The minimum atomic E-state index is -4.61. The van der Waals surface area contributed by atoms with Crippen LogP contribution in [0.3, 0.4) is 0 Å². The van der Waals surface area contributed by atoms with Gasteiger partial charge in [0.15, 0.2) is 17.5 Å². The van der Waals surface area contributed by atoms with Gasteiger partial charge in [-0.25, -0.2) is 15.0 Å². The number of aryl methyl sites for hydroxylation is 1. The summed E-state index contributed by atoms with van der Waals surface area (Å²) in [5.41, 5.74) is 7.50. The SMILES string of the molecule is Cc1cccc(-c2ccc3c4ccccc4n(-c4ccc(-c5nc(-c6ccccc6)nc(-c6ccccc6)n5)c(-c5ccccc5C(F)(F)F)c4)c3c2)c1. The van der Waals surface area contributed by atoms with Gasteiger partial charge in [0.05, 0.1) is 16.6 Å². The van der Waals surface area contributed by atoms with E-state index in [0.717, 1.165) is 55.7 Å². The maximum Gasteiger partial charge on any atom is 0.417 e. The molecule has 4 nitrogen and oxygen atoms in total. The van der Waals surface area contributed by atoms with E-state index in [-0.39, 0.29) is 11.4 Å². The average Bonchev–Trinajstić information content (AvgIpc) is 3.54. The van der Waals surface area contributed by atoms with Gasteiger partial charge in [0.25, 0.3) is 0 Å². The van der Waals surface area contributed by atoms with Crippen molar-refractivity contribution in [2.24, 2.45) is 0 Å². The standard InChI is InChI=1S/C47H31F3N4/c1-30-13-12-18-33(27-30)34-23-25-38-37-20-9-11-22-42(37)54(43(38)28-34)35-24-26-39(40(29-35)36-19-8-10-21-41(36)47(48,49)50)46-52-44(31-14-4-2-5-15-31)51-45(53-46)32-16-6-3-7-17-32/h2-29H,1H3. The second-order valence-electron chi connectivity index (χ2n) is 13.3. The van der Waals surface area contributed by atoms with Crippen molar-refractivity contribution in [1.29, 1.82) is 0 Å². The summed E-state index contributed by atoms with van der Waals surface area (Å²) >= 11 is 0. The monoisotopic (exact) mass is 708 g/mol. The Morgan fingerprint density at radius 1 is 0.426 bits per heavy atom. The van der Waals surface area contributed by atoms with E-state index in [9.17, 15) is 13.2 Å². The van der Waals surface area contributed by atoms with Crippen LogP contribution in [0.1, 0.15) is 11.1 Å². The van der Waals surface area contributed by atoms with Gasteiger partial charge in [-0.1, -0.05) is 139 Å². The molecule has 0 spiro atoms. The molecular weight excluding hydrogens is 678 g/mol. The summed E-state index contributed by atoms with van der Waals surface area (Å²) in [6, 6.07) is 53.2. The normalized spacial score (nSPS) is 11.7. The van der Waals surface area contributed by atoms with Crippen LogP contribution in [0.2, 0.25) is 0 Å². The fraction of sp³-hybridized carbons (Fsp3) is 0.0426. The van der Waals surface area contributed by atoms with Gasteiger partial charge in [-0.3, -0.25) is 0 Å². The molecule has 0 aliphatic rings. The van der Waals surface area contributed by atoms with Crippen molar-refractivity contribution in [2.75, 3.05) is 0 Å². The number of benzene rings is 7. The van der Waals surface area contributed by atoms with Crippen LogP contribution in [-0.4, -0.2) is 19.5 Å². The second kappa shape index (κ2) is 13.3. The molecule has 54 heavy (non-hydrogen) atoms. The molecule has 260 valence electrons. The molecule has 0 unspecified atom stereocenters. The zero-order valence-electron chi connectivity index (χ0n) is 29.1. The van der Waals surface area contributed by atoms with Crippen LogP contribution in [0.4, 0.5) is 13.2 Å². The van der Waals surface area contributed by atoms with Crippen molar-refractivity contribution in [3.05, 3.63) is 181 Å². The number of nitrogens with zero attached hydrogens (tertiary/aromatic N) is 4. The predicted molar refractivity (Wildman–Crippen MR) is 211 cm³/mol. The van der Waals surface area contributed by atoms with E-state index in [1.54, 1.807) is 6.07 Å². The molecule has 7 aromatic carbocycles. The molecule has 0 saturated carbocycles. The highest BCUT2D eigenvalue weighted by Crippen LogP contribution is 2.43. The van der Waals surface area contributed by atoms with Gasteiger partial charge in [-0.05, 0) is 65.6 Å². The van der Waals surface area contributed by atoms with Crippen molar-refractivity contribution >= 4 is 21.8 Å². The Hall–Kier alpha value is -6.86. The first-order valence-electron chi connectivity index (χ1n) is 17.6. The van der Waals surface area contributed by atoms with Crippen LogP contribution in [0.15, 0.2) is 170 Å². The molecule has 0 N–H and O–H groups in total. The molecule has 0 radical (unpaired) electrons. The van der Waals surface area contributed by atoms with Gasteiger partial charge in [-0.15, -0.1) is 0 Å². The highest BCUT2D eigenvalue weighted by molar-refractivity contribution is 6.10. The van der Waals surface area contributed by atoms with Gasteiger partial charge < -0.3 is 4.57 Å². The molecule has 0 aliphatic carbocycles. The summed E-state index contributed by atoms with van der Waals surface area (Å²) in [7, 11) is 0. The summed E-state index contributed by atoms with van der Waals surface area (Å²) in [5, 5.41) is 2.09. The zero-order valence-corrected chi connectivity index (χ0v) is 29.1. The van der Waals surface area contributed by atoms with Crippen LogP contribution >= 0.6 is 0 Å². The Bertz CT molecular complexity index is 2770. The number of halogens is 3. The van der Waals surface area contributed by atoms with E-state index < -0.39 is 11.7 Å². The van der Waals surface area contributed by atoms with Crippen molar-refractivity contribution < 1.29 is 13.2 Å². The van der Waals surface area contributed by atoms with E-state index in [1.165, 1.54) is 12.1 Å². The lowest BCUT2D eigenvalue weighted by molar-refractivity contribution is -0.137. The number of aromatic nitrogens is 4. The highest BCUT2D eigenvalue weighted by atomic mass is 19.4. The predicted octanol–water partition coefficient (Wildman–Crippen LogP) is 12.6. The maximum absolute atomic E-state index is 14.8. The number of fused-ring (bicyclic) bond motifs is 3. The van der Waals surface area contributed by atoms with E-state index in [1.807, 2.05) is 103 Å². The van der Waals surface area contributed by atoms with Crippen molar-refractivity contribution in [2.45, 2.75) is 13.1 Å². The first kappa shape index (κ1) is 33.0. The molecule has 0 amide bonds. The average molecular weight is 709 g/mol. The van der Waals surface area contributed by atoms with Gasteiger partial charge in [0.2, 0.25) is 0 Å². The number of hydrogen-bond donors (Lipinski definition) is 0. The van der Waals surface area contributed by atoms with Crippen LogP contribution < -0.4 is 0 Å². The summed E-state index contributed by atoms with van der Waals surface area (Å²) in [6.07, 6.45) is -4.61. The number of alkyl halides is 3. The smallest absolute Gasteiger partial charge is 0.309 e. The molecule has 0 saturated heterocycles. The minimum Gasteiger partial charge on any atom is -0.309 e. The Morgan fingerprint density at radius 3 is 1.72 bits per heavy atom. The third-order valence-electron chi connectivity index (χ3n) is 9.75. The summed E-state index contributed by atoms with van der Waals surface area (Å²) in [6.45, 7) is 2.07. The van der Waals surface area contributed by atoms with Gasteiger partial charge in [0, 0.05) is 33.2 Å². The molecule has 9 aromatic rings. The third kappa shape index (κ3) is 5.99. The fourth-order valence-electron chi connectivity index (χ4n) is 7.24. The second-order valence-corrected chi connectivity index (χ2v) is 13.3. The van der Waals surface area contributed by atoms with E-state index in [2.05, 4.69) is 54.0 Å². The Kier molecular flexibility index (Phi) is 8.12. The van der Waals surface area contributed by atoms with E-state index in [0.29, 0.717) is 28.5 Å². The molecule has 7 heteroatoms. The summed E-state index contributed by atoms with van der Waals surface area (Å²) < 4.78 is 46.6. The number of hydrogen-bond acceptors (Lipinski definition) is 3. The quantitative estimate of drug-likeness (QED) is 0.173. The van der Waals surface area contributed by atoms with E-state index >= 15 is 0 Å². The largest absolute Gasteiger partial charge is 0.417 e. The van der Waals surface area contributed by atoms with Crippen molar-refractivity contribution in [1.82, 2.24) is 19.5 Å². The molecule has 0 bridgehead atoms. The molecule has 0 aliphatic heterocycles. The maximum atomic E-state index is 14.8. The first-order valence-corrected chi connectivity index (χ1v) is 17.6. The summed E-state index contributed by atoms with van der Waals surface area (Å²) in [4.78, 5) is 14.6. The highest BCUT2D eigenvalue weighted by Gasteiger charge is 2.34. The molecule has 2 aromatic heterocycles. The van der Waals surface area contributed by atoms with E-state index in [4.69, 9.17) is 15.0 Å². The molecule has 0 fully saturated rings. The van der Waals surface area contributed by atoms with Crippen LogP contribution in [0, 0.1) is 6.92 Å². The van der Waals surface area contributed by atoms with Crippen LogP contribution in [0.5, 0.6) is 0 Å². The molecular formula is C47H31F3N4. The summed E-state index contributed by atoms with van der Waals surface area (Å²) in [5.74, 6) is 1.11. The minimum absolute atomic E-state index is 0.0333.